The van der Waals surface area contributed by atoms with Crippen molar-refractivity contribution < 1.29 is 19.2 Å². The second-order valence-electron chi connectivity index (χ2n) is 4.41. The first kappa shape index (κ1) is 17.6. The van der Waals surface area contributed by atoms with E-state index in [1.54, 1.807) is 0 Å². The molecule has 0 aliphatic rings. The molecule has 0 bridgehead atoms. The van der Waals surface area contributed by atoms with E-state index in [0.29, 0.717) is 5.02 Å². The average Bonchev–Trinajstić information content (AvgIpc) is 2.55. The van der Waals surface area contributed by atoms with Gasteiger partial charge in [-0.1, -0.05) is 23.2 Å². The first-order chi connectivity index (χ1) is 11.4. The Morgan fingerprint density at radius 2 is 2.00 bits per heavy atom. The number of benzene rings is 1. The summed E-state index contributed by atoms with van der Waals surface area (Å²) in [6.45, 7) is -0.584. The number of nitro benzene ring substituents is 1. The van der Waals surface area contributed by atoms with Crippen LogP contribution < -0.4 is 5.32 Å². The lowest BCUT2D eigenvalue weighted by atomic mass is 10.2. The van der Waals surface area contributed by atoms with Gasteiger partial charge >= 0.3 is 5.97 Å². The topological polar surface area (TPSA) is 111 Å². The molecule has 0 fully saturated rings. The lowest BCUT2D eigenvalue weighted by molar-refractivity contribution is -0.384. The molecule has 1 heterocycles. The van der Waals surface area contributed by atoms with Crippen molar-refractivity contribution >= 4 is 46.6 Å². The fourth-order valence-electron chi connectivity index (χ4n) is 1.62. The number of nitro groups is 1. The van der Waals surface area contributed by atoms with Crippen LogP contribution in [0.3, 0.4) is 0 Å². The summed E-state index contributed by atoms with van der Waals surface area (Å²) in [4.78, 5) is 37.4. The van der Waals surface area contributed by atoms with Crippen molar-refractivity contribution in [1.82, 2.24) is 4.98 Å². The van der Waals surface area contributed by atoms with E-state index < -0.39 is 29.1 Å². The van der Waals surface area contributed by atoms with Gasteiger partial charge < -0.3 is 10.1 Å². The lowest BCUT2D eigenvalue weighted by Gasteiger charge is -2.06. The molecule has 2 aromatic rings. The van der Waals surface area contributed by atoms with Crippen LogP contribution in [0, 0.1) is 10.1 Å². The van der Waals surface area contributed by atoms with Gasteiger partial charge in [0.25, 0.3) is 11.6 Å². The number of aromatic nitrogens is 1. The van der Waals surface area contributed by atoms with Crippen LogP contribution in [-0.2, 0) is 9.53 Å². The number of ether oxygens (including phenoxy) is 1. The number of halogens is 2. The summed E-state index contributed by atoms with van der Waals surface area (Å²) in [5.74, 6) is -1.28. The first-order valence-electron chi connectivity index (χ1n) is 6.39. The third-order valence-electron chi connectivity index (χ3n) is 2.71. The Balaban J connectivity index is 1.95. The quantitative estimate of drug-likeness (QED) is 0.492. The van der Waals surface area contributed by atoms with Crippen molar-refractivity contribution in [3.63, 3.8) is 0 Å². The molecule has 124 valence electrons. The molecule has 1 aromatic carbocycles. The van der Waals surface area contributed by atoms with Gasteiger partial charge in [-0.25, -0.2) is 9.78 Å². The minimum absolute atomic E-state index is 0.0940. The second kappa shape index (κ2) is 7.71. The predicted molar refractivity (Wildman–Crippen MR) is 86.3 cm³/mol. The number of hydrogen-bond donors (Lipinski definition) is 1. The fraction of sp³-hybridized carbons (Fsp3) is 0.0714. The smallest absolute Gasteiger partial charge is 0.338 e. The number of carbonyl (C=O) groups excluding carboxylic acids is 2. The Labute approximate surface area is 145 Å². The molecule has 0 spiro atoms. The zero-order valence-electron chi connectivity index (χ0n) is 11.9. The maximum atomic E-state index is 11.8. The first-order valence-corrected chi connectivity index (χ1v) is 7.15. The summed E-state index contributed by atoms with van der Waals surface area (Å²) < 4.78 is 4.79. The van der Waals surface area contributed by atoms with Crippen LogP contribution in [0.4, 0.5) is 11.5 Å². The monoisotopic (exact) mass is 369 g/mol. The lowest BCUT2D eigenvalue weighted by Crippen LogP contribution is -2.21. The van der Waals surface area contributed by atoms with Gasteiger partial charge in [-0.3, -0.25) is 14.9 Å². The molecule has 0 aliphatic carbocycles. The zero-order chi connectivity index (χ0) is 17.7. The molecule has 2 rings (SSSR count). The molecule has 0 atom stereocenters. The number of esters is 1. The predicted octanol–water partition coefficient (Wildman–Crippen LogP) is 3.09. The van der Waals surface area contributed by atoms with Crippen LogP contribution in [0.15, 0.2) is 36.5 Å². The fourth-order valence-corrected chi connectivity index (χ4v) is 1.92. The van der Waals surface area contributed by atoms with Crippen LogP contribution in [0.1, 0.15) is 10.4 Å². The number of rotatable bonds is 5. The maximum Gasteiger partial charge on any atom is 0.338 e. The highest BCUT2D eigenvalue weighted by Gasteiger charge is 2.18. The Kier molecular flexibility index (Phi) is 5.67. The van der Waals surface area contributed by atoms with Crippen molar-refractivity contribution in [2.24, 2.45) is 0 Å². The highest BCUT2D eigenvalue weighted by Crippen LogP contribution is 2.25. The Morgan fingerprint density at radius 1 is 1.25 bits per heavy atom. The van der Waals surface area contributed by atoms with Crippen molar-refractivity contribution in [2.75, 3.05) is 11.9 Å². The number of hydrogen-bond acceptors (Lipinski definition) is 6. The van der Waals surface area contributed by atoms with Crippen LogP contribution in [0.25, 0.3) is 0 Å². The summed E-state index contributed by atoms with van der Waals surface area (Å²) in [6, 6.07) is 6.45. The van der Waals surface area contributed by atoms with E-state index in [1.807, 2.05) is 0 Å². The number of nitrogens with zero attached hydrogens (tertiary/aromatic N) is 2. The minimum Gasteiger partial charge on any atom is -0.452 e. The van der Waals surface area contributed by atoms with E-state index in [2.05, 4.69) is 10.3 Å². The van der Waals surface area contributed by atoms with Crippen LogP contribution in [-0.4, -0.2) is 28.4 Å². The molecule has 0 saturated heterocycles. The van der Waals surface area contributed by atoms with Gasteiger partial charge in [0.2, 0.25) is 0 Å². The Morgan fingerprint density at radius 3 is 2.62 bits per heavy atom. The largest absolute Gasteiger partial charge is 0.452 e. The summed E-state index contributed by atoms with van der Waals surface area (Å²) in [5, 5.41) is 13.5. The minimum atomic E-state index is -0.894. The highest BCUT2D eigenvalue weighted by molar-refractivity contribution is 6.32. The second-order valence-corrected chi connectivity index (χ2v) is 5.25. The average molecular weight is 370 g/mol. The molecule has 1 N–H and O–H groups in total. The number of pyridine rings is 1. The van der Waals surface area contributed by atoms with E-state index in [1.165, 1.54) is 30.5 Å². The highest BCUT2D eigenvalue weighted by atomic mass is 35.5. The van der Waals surface area contributed by atoms with Gasteiger partial charge in [0.05, 0.1) is 15.5 Å². The van der Waals surface area contributed by atoms with Crippen molar-refractivity contribution in [1.29, 1.82) is 0 Å². The molecule has 24 heavy (non-hydrogen) atoms. The molecular weight excluding hydrogens is 361 g/mol. The molecule has 10 heteroatoms. The van der Waals surface area contributed by atoms with E-state index in [0.717, 1.165) is 6.07 Å². The van der Waals surface area contributed by atoms with Gasteiger partial charge in [-0.2, -0.15) is 0 Å². The number of anilines is 1. The van der Waals surface area contributed by atoms with E-state index >= 15 is 0 Å². The molecule has 1 amide bonds. The molecule has 0 saturated carbocycles. The normalized spacial score (nSPS) is 10.1. The molecule has 1 aromatic heterocycles. The van der Waals surface area contributed by atoms with Crippen LogP contribution in [0.5, 0.6) is 0 Å². The standard InChI is InChI=1S/C14H9Cl2N3O5/c15-9-2-4-12(17-6-9)18-13(20)7-24-14(21)8-1-3-10(16)11(5-8)19(22)23/h1-6H,7H2,(H,17,18,20). The van der Waals surface area contributed by atoms with Gasteiger partial charge in [0.1, 0.15) is 10.8 Å². The van der Waals surface area contributed by atoms with Gasteiger partial charge in [-0.05, 0) is 24.3 Å². The molecule has 0 unspecified atom stereocenters. The van der Waals surface area contributed by atoms with Crippen molar-refractivity contribution in [2.45, 2.75) is 0 Å². The van der Waals surface area contributed by atoms with Gasteiger partial charge in [0, 0.05) is 12.3 Å². The van der Waals surface area contributed by atoms with Gasteiger partial charge in [-0.15, -0.1) is 0 Å². The number of amides is 1. The van der Waals surface area contributed by atoms with E-state index in [9.17, 15) is 19.7 Å². The SMILES string of the molecule is O=C(COC(=O)c1ccc(Cl)c([N+](=O)[O-])c1)Nc1ccc(Cl)cn1. The van der Waals surface area contributed by atoms with Crippen LogP contribution in [0.2, 0.25) is 10.0 Å². The summed E-state index contributed by atoms with van der Waals surface area (Å²) >= 11 is 11.3. The van der Waals surface area contributed by atoms with Crippen molar-refractivity contribution in [3.05, 3.63) is 62.3 Å². The zero-order valence-corrected chi connectivity index (χ0v) is 13.4. The summed E-state index contributed by atoms with van der Waals surface area (Å²) in [7, 11) is 0. The van der Waals surface area contributed by atoms with E-state index in [4.69, 9.17) is 27.9 Å². The van der Waals surface area contributed by atoms with Gasteiger partial charge in [0.15, 0.2) is 6.61 Å². The Hall–Kier alpha value is -2.71. The summed E-state index contributed by atoms with van der Waals surface area (Å²) in [5.41, 5.74) is -0.524. The summed E-state index contributed by atoms with van der Waals surface area (Å²) in [6.07, 6.45) is 1.34. The molecule has 0 radical (unpaired) electrons. The number of nitrogens with one attached hydrogen (secondary N) is 1. The van der Waals surface area contributed by atoms with Crippen LogP contribution >= 0.6 is 23.2 Å². The van der Waals surface area contributed by atoms with Crippen molar-refractivity contribution in [3.8, 4) is 0 Å². The molecular formula is C14H9Cl2N3O5. The van der Waals surface area contributed by atoms with E-state index in [-0.39, 0.29) is 16.4 Å². The maximum absolute atomic E-state index is 11.8. The third-order valence-corrected chi connectivity index (χ3v) is 3.25. The Bertz CT molecular complexity index is 795. The third kappa shape index (κ3) is 4.64. The number of carbonyl (C=O) groups is 2. The molecule has 8 nitrogen and oxygen atoms in total. The molecule has 0 aliphatic heterocycles.